The predicted octanol–water partition coefficient (Wildman–Crippen LogP) is 2.05. The maximum Gasteiger partial charge on any atom is 0.125 e. The number of rotatable bonds is 1. The monoisotopic (exact) mass is 221 g/mol. The summed E-state index contributed by atoms with van der Waals surface area (Å²) in [5, 5.41) is 1.25. The van der Waals surface area contributed by atoms with Gasteiger partial charge in [0, 0.05) is 0 Å². The molecule has 0 aliphatic rings. The molecule has 0 atom stereocenters. The normalized spacial score (nSPS) is 11.9. The number of fused-ring (bicyclic) bond motifs is 1. The first-order valence-corrected chi connectivity index (χ1v) is 5.84. The van der Waals surface area contributed by atoms with E-state index in [2.05, 4.69) is 0 Å². The predicted molar refractivity (Wildman–Crippen MR) is 56.6 cm³/mol. The SMILES string of the molecule is Cc1cc(S(=O)(=O)[O-])c2ccccc2c1. The maximum absolute atomic E-state index is 11.0. The van der Waals surface area contributed by atoms with E-state index in [1.807, 2.05) is 12.1 Å². The van der Waals surface area contributed by atoms with Gasteiger partial charge in [-0.1, -0.05) is 30.3 Å². The molecular formula is C11H9O3S-. The van der Waals surface area contributed by atoms with E-state index < -0.39 is 10.1 Å². The van der Waals surface area contributed by atoms with Crippen LogP contribution in [0.3, 0.4) is 0 Å². The van der Waals surface area contributed by atoms with E-state index in [1.165, 1.54) is 6.07 Å². The van der Waals surface area contributed by atoms with Crippen LogP contribution in [-0.4, -0.2) is 13.0 Å². The molecule has 2 aromatic carbocycles. The number of hydrogen-bond acceptors (Lipinski definition) is 3. The van der Waals surface area contributed by atoms with Crippen molar-refractivity contribution in [1.82, 2.24) is 0 Å². The van der Waals surface area contributed by atoms with E-state index in [-0.39, 0.29) is 4.90 Å². The van der Waals surface area contributed by atoms with Crippen LogP contribution in [0, 0.1) is 6.92 Å². The molecule has 0 heterocycles. The van der Waals surface area contributed by atoms with Crippen molar-refractivity contribution in [2.45, 2.75) is 11.8 Å². The van der Waals surface area contributed by atoms with E-state index >= 15 is 0 Å². The highest BCUT2D eigenvalue weighted by atomic mass is 32.2. The van der Waals surface area contributed by atoms with E-state index in [9.17, 15) is 13.0 Å². The molecule has 0 radical (unpaired) electrons. The molecule has 0 aliphatic heterocycles. The van der Waals surface area contributed by atoms with Gasteiger partial charge in [-0.3, -0.25) is 0 Å². The Hall–Kier alpha value is -1.39. The Morgan fingerprint density at radius 1 is 1.13 bits per heavy atom. The standard InChI is InChI=1S/C11H10O3S/c1-8-6-9-4-2-3-5-10(9)11(7-8)15(12,13)14/h2-7H,1H3,(H,12,13,14)/p-1. The third-order valence-electron chi connectivity index (χ3n) is 2.24. The molecule has 0 amide bonds. The Kier molecular flexibility index (Phi) is 2.25. The molecule has 0 aromatic heterocycles. The minimum atomic E-state index is -4.40. The molecule has 15 heavy (non-hydrogen) atoms. The third kappa shape index (κ3) is 1.86. The molecule has 0 bridgehead atoms. The van der Waals surface area contributed by atoms with Crippen molar-refractivity contribution in [3.05, 3.63) is 42.0 Å². The van der Waals surface area contributed by atoms with Gasteiger partial charge in [0.2, 0.25) is 0 Å². The van der Waals surface area contributed by atoms with Crippen LogP contribution in [0.5, 0.6) is 0 Å². The van der Waals surface area contributed by atoms with Gasteiger partial charge in [0.25, 0.3) is 0 Å². The second kappa shape index (κ2) is 3.32. The molecular weight excluding hydrogens is 212 g/mol. The van der Waals surface area contributed by atoms with E-state index in [1.54, 1.807) is 25.1 Å². The largest absolute Gasteiger partial charge is 0.744 e. The number of aryl methyl sites for hydroxylation is 1. The van der Waals surface area contributed by atoms with E-state index in [4.69, 9.17) is 0 Å². The second-order valence-corrected chi connectivity index (χ2v) is 4.79. The van der Waals surface area contributed by atoms with Crippen molar-refractivity contribution < 1.29 is 13.0 Å². The molecule has 3 nitrogen and oxygen atoms in total. The van der Waals surface area contributed by atoms with Gasteiger partial charge in [0.05, 0.1) is 4.90 Å². The smallest absolute Gasteiger partial charge is 0.125 e. The zero-order valence-electron chi connectivity index (χ0n) is 8.10. The quantitative estimate of drug-likeness (QED) is 0.692. The average Bonchev–Trinajstić information content (AvgIpc) is 2.15. The van der Waals surface area contributed by atoms with Crippen molar-refractivity contribution >= 4 is 20.9 Å². The molecule has 2 rings (SSSR count). The molecule has 0 saturated heterocycles. The molecule has 0 saturated carbocycles. The molecule has 0 unspecified atom stereocenters. The Labute approximate surface area is 88.1 Å². The highest BCUT2D eigenvalue weighted by Gasteiger charge is 2.07. The zero-order chi connectivity index (χ0) is 11.1. The van der Waals surface area contributed by atoms with Crippen LogP contribution >= 0.6 is 0 Å². The Bertz CT molecular complexity index is 615. The van der Waals surface area contributed by atoms with Gasteiger partial charge in [0.15, 0.2) is 0 Å². The van der Waals surface area contributed by atoms with Crippen molar-refractivity contribution in [3.63, 3.8) is 0 Å². The maximum atomic E-state index is 11.0. The van der Waals surface area contributed by atoms with Gasteiger partial charge < -0.3 is 4.55 Å². The number of benzene rings is 2. The molecule has 0 aliphatic carbocycles. The highest BCUT2D eigenvalue weighted by Crippen LogP contribution is 2.24. The van der Waals surface area contributed by atoms with Crippen molar-refractivity contribution in [1.29, 1.82) is 0 Å². The summed E-state index contributed by atoms with van der Waals surface area (Å²) in [5.74, 6) is 0. The first-order chi connectivity index (χ1) is 6.98. The van der Waals surface area contributed by atoms with Gasteiger partial charge in [-0.05, 0) is 29.3 Å². The minimum Gasteiger partial charge on any atom is -0.744 e. The molecule has 0 spiro atoms. The van der Waals surface area contributed by atoms with Crippen LogP contribution in [0.25, 0.3) is 10.8 Å². The van der Waals surface area contributed by atoms with Crippen LogP contribution in [0.15, 0.2) is 41.3 Å². The topological polar surface area (TPSA) is 57.2 Å². The average molecular weight is 221 g/mol. The van der Waals surface area contributed by atoms with Gasteiger partial charge in [-0.15, -0.1) is 0 Å². The molecule has 2 aromatic rings. The van der Waals surface area contributed by atoms with Gasteiger partial charge in [-0.2, -0.15) is 0 Å². The lowest BCUT2D eigenvalue weighted by molar-refractivity contribution is 0.464. The van der Waals surface area contributed by atoms with Crippen LogP contribution < -0.4 is 0 Å². The summed E-state index contributed by atoms with van der Waals surface area (Å²) < 4.78 is 33.1. The summed E-state index contributed by atoms with van der Waals surface area (Å²) in [4.78, 5) is -0.141. The van der Waals surface area contributed by atoms with Crippen LogP contribution in [0.1, 0.15) is 5.56 Å². The highest BCUT2D eigenvalue weighted by molar-refractivity contribution is 7.86. The molecule has 78 valence electrons. The number of hydrogen-bond donors (Lipinski definition) is 0. The Morgan fingerprint density at radius 2 is 1.80 bits per heavy atom. The first kappa shape index (κ1) is 10.1. The molecule has 0 N–H and O–H groups in total. The summed E-state index contributed by atoms with van der Waals surface area (Å²) in [6, 6.07) is 10.2. The lowest BCUT2D eigenvalue weighted by Crippen LogP contribution is -2.00. The summed E-state index contributed by atoms with van der Waals surface area (Å²) in [5.41, 5.74) is 0.767. The minimum absolute atomic E-state index is 0.141. The summed E-state index contributed by atoms with van der Waals surface area (Å²) in [6.45, 7) is 1.76. The van der Waals surface area contributed by atoms with Crippen molar-refractivity contribution in [2.24, 2.45) is 0 Å². The summed E-state index contributed by atoms with van der Waals surface area (Å²) in [7, 11) is -4.40. The zero-order valence-corrected chi connectivity index (χ0v) is 8.91. The van der Waals surface area contributed by atoms with E-state index in [0.29, 0.717) is 5.39 Å². The summed E-state index contributed by atoms with van der Waals surface area (Å²) >= 11 is 0. The Balaban J connectivity index is 2.96. The van der Waals surface area contributed by atoms with Gasteiger partial charge in [0.1, 0.15) is 10.1 Å². The van der Waals surface area contributed by atoms with Crippen LogP contribution in [0.4, 0.5) is 0 Å². The first-order valence-electron chi connectivity index (χ1n) is 4.44. The fourth-order valence-electron chi connectivity index (χ4n) is 1.63. The third-order valence-corrected chi connectivity index (χ3v) is 3.11. The van der Waals surface area contributed by atoms with Crippen LogP contribution in [-0.2, 0) is 10.1 Å². The molecule has 4 heteroatoms. The fraction of sp³-hybridized carbons (Fsp3) is 0.0909. The lowest BCUT2D eigenvalue weighted by Gasteiger charge is -2.11. The van der Waals surface area contributed by atoms with Crippen LogP contribution in [0.2, 0.25) is 0 Å². The summed E-state index contributed by atoms with van der Waals surface area (Å²) in [6.07, 6.45) is 0. The second-order valence-electron chi connectivity index (χ2n) is 3.44. The Morgan fingerprint density at radius 3 is 2.47 bits per heavy atom. The fourth-order valence-corrected chi connectivity index (χ4v) is 2.41. The van der Waals surface area contributed by atoms with Crippen molar-refractivity contribution in [2.75, 3.05) is 0 Å². The van der Waals surface area contributed by atoms with Crippen molar-refractivity contribution in [3.8, 4) is 0 Å². The lowest BCUT2D eigenvalue weighted by atomic mass is 10.1. The molecule has 0 fully saturated rings. The van der Waals surface area contributed by atoms with Gasteiger partial charge >= 0.3 is 0 Å². The van der Waals surface area contributed by atoms with Gasteiger partial charge in [-0.25, -0.2) is 8.42 Å². The van der Waals surface area contributed by atoms with E-state index in [0.717, 1.165) is 10.9 Å².